The Bertz CT molecular complexity index is 924. The number of halogens is 2. The Morgan fingerprint density at radius 1 is 1.19 bits per heavy atom. The predicted octanol–water partition coefficient (Wildman–Crippen LogP) is 3.68. The first-order chi connectivity index (χ1) is 13.1. The van der Waals surface area contributed by atoms with Crippen molar-refractivity contribution >= 4 is 16.8 Å². The zero-order chi connectivity index (χ0) is 19.2. The van der Waals surface area contributed by atoms with Crippen LogP contribution in [0, 0.1) is 0 Å². The average Bonchev–Trinajstić information content (AvgIpc) is 3.05. The molecule has 5 nitrogen and oxygen atoms in total. The fourth-order valence-corrected chi connectivity index (χ4v) is 2.92. The number of carbonyl (C=O) groups excluding carboxylic acids is 1. The number of aromatic nitrogens is 1. The van der Waals surface area contributed by atoms with Crippen LogP contribution in [0.5, 0.6) is 11.5 Å². The third-order valence-corrected chi connectivity index (χ3v) is 4.21. The second-order valence-corrected chi connectivity index (χ2v) is 6.00. The number of para-hydroxylation sites is 1. The third-order valence-electron chi connectivity index (χ3n) is 4.21. The maximum absolute atomic E-state index is 12.4. The molecule has 0 saturated carbocycles. The van der Waals surface area contributed by atoms with Gasteiger partial charge < -0.3 is 19.8 Å². The van der Waals surface area contributed by atoms with Crippen molar-refractivity contribution in [1.82, 2.24) is 10.3 Å². The first-order valence-corrected chi connectivity index (χ1v) is 8.50. The minimum Gasteiger partial charge on any atom is -0.493 e. The van der Waals surface area contributed by atoms with E-state index in [2.05, 4.69) is 15.0 Å². The number of benzene rings is 2. The van der Waals surface area contributed by atoms with Crippen molar-refractivity contribution in [3.8, 4) is 11.5 Å². The molecule has 2 N–H and O–H groups in total. The highest BCUT2D eigenvalue weighted by molar-refractivity contribution is 5.88. The van der Waals surface area contributed by atoms with Crippen molar-refractivity contribution in [2.45, 2.75) is 19.5 Å². The SMILES string of the molecule is COc1cc(CCNC(=O)Cc2c[nH]c3ccccc23)ccc1OC(F)F. The Labute approximate surface area is 155 Å². The van der Waals surface area contributed by atoms with Gasteiger partial charge in [-0.15, -0.1) is 0 Å². The van der Waals surface area contributed by atoms with E-state index in [1.807, 2.05) is 30.5 Å². The summed E-state index contributed by atoms with van der Waals surface area (Å²) >= 11 is 0. The Kier molecular flexibility index (Phi) is 5.90. The average molecular weight is 374 g/mol. The van der Waals surface area contributed by atoms with E-state index in [0.29, 0.717) is 13.0 Å². The van der Waals surface area contributed by atoms with Crippen LogP contribution in [0.4, 0.5) is 8.78 Å². The van der Waals surface area contributed by atoms with Gasteiger partial charge in [-0.2, -0.15) is 8.78 Å². The molecule has 3 aromatic rings. The molecule has 0 aliphatic rings. The lowest BCUT2D eigenvalue weighted by Gasteiger charge is -2.11. The van der Waals surface area contributed by atoms with Crippen LogP contribution in [0.15, 0.2) is 48.7 Å². The van der Waals surface area contributed by atoms with Gasteiger partial charge in [-0.25, -0.2) is 0 Å². The summed E-state index contributed by atoms with van der Waals surface area (Å²) in [4.78, 5) is 15.3. The second kappa shape index (κ2) is 8.53. The number of alkyl halides is 2. The van der Waals surface area contributed by atoms with Gasteiger partial charge in [0.15, 0.2) is 11.5 Å². The van der Waals surface area contributed by atoms with Crippen molar-refractivity contribution < 1.29 is 23.0 Å². The summed E-state index contributed by atoms with van der Waals surface area (Å²) in [7, 11) is 1.39. The number of nitrogens with one attached hydrogen (secondary N) is 2. The van der Waals surface area contributed by atoms with Crippen LogP contribution in [0.3, 0.4) is 0 Å². The van der Waals surface area contributed by atoms with Crippen molar-refractivity contribution in [3.05, 3.63) is 59.8 Å². The smallest absolute Gasteiger partial charge is 0.387 e. The normalized spacial score (nSPS) is 11.0. The molecule has 0 fully saturated rings. The molecule has 7 heteroatoms. The summed E-state index contributed by atoms with van der Waals surface area (Å²) < 4.78 is 34.2. The van der Waals surface area contributed by atoms with Gasteiger partial charge in [-0.05, 0) is 35.7 Å². The van der Waals surface area contributed by atoms with Crippen molar-refractivity contribution in [2.75, 3.05) is 13.7 Å². The highest BCUT2D eigenvalue weighted by atomic mass is 19.3. The van der Waals surface area contributed by atoms with Gasteiger partial charge in [0.2, 0.25) is 5.91 Å². The summed E-state index contributed by atoms with van der Waals surface area (Å²) in [6.45, 7) is -2.48. The van der Waals surface area contributed by atoms with Gasteiger partial charge in [0.25, 0.3) is 0 Å². The maximum atomic E-state index is 12.4. The van der Waals surface area contributed by atoms with Crippen LogP contribution in [-0.2, 0) is 17.6 Å². The molecule has 0 bridgehead atoms. The van der Waals surface area contributed by atoms with Gasteiger partial charge in [0.05, 0.1) is 13.5 Å². The number of rotatable bonds is 8. The second-order valence-electron chi connectivity index (χ2n) is 6.00. The lowest BCUT2D eigenvalue weighted by molar-refractivity contribution is -0.120. The number of H-pyrrole nitrogens is 1. The van der Waals surface area contributed by atoms with E-state index in [1.165, 1.54) is 13.2 Å². The van der Waals surface area contributed by atoms with E-state index < -0.39 is 6.61 Å². The highest BCUT2D eigenvalue weighted by Gasteiger charge is 2.12. The lowest BCUT2D eigenvalue weighted by Crippen LogP contribution is -2.27. The van der Waals surface area contributed by atoms with Crippen LogP contribution in [0.1, 0.15) is 11.1 Å². The van der Waals surface area contributed by atoms with E-state index in [-0.39, 0.29) is 23.8 Å². The first-order valence-electron chi connectivity index (χ1n) is 8.50. The van der Waals surface area contributed by atoms with E-state index in [1.54, 1.807) is 12.1 Å². The van der Waals surface area contributed by atoms with Crippen LogP contribution in [0.25, 0.3) is 10.9 Å². The van der Waals surface area contributed by atoms with E-state index >= 15 is 0 Å². The number of amides is 1. The summed E-state index contributed by atoms with van der Waals surface area (Å²) in [6.07, 6.45) is 2.68. The minimum atomic E-state index is -2.91. The Balaban J connectivity index is 1.54. The summed E-state index contributed by atoms with van der Waals surface area (Å²) in [5.41, 5.74) is 2.79. The number of hydrogen-bond donors (Lipinski definition) is 2. The predicted molar refractivity (Wildman–Crippen MR) is 98.3 cm³/mol. The number of ether oxygens (including phenoxy) is 2. The fourth-order valence-electron chi connectivity index (χ4n) is 2.92. The largest absolute Gasteiger partial charge is 0.493 e. The topological polar surface area (TPSA) is 63.3 Å². The third kappa shape index (κ3) is 4.75. The molecule has 142 valence electrons. The molecule has 0 radical (unpaired) electrons. The quantitative estimate of drug-likeness (QED) is 0.632. The molecule has 1 amide bonds. The van der Waals surface area contributed by atoms with Crippen molar-refractivity contribution in [1.29, 1.82) is 0 Å². The van der Waals surface area contributed by atoms with Crippen molar-refractivity contribution in [2.24, 2.45) is 0 Å². The number of hydrogen-bond acceptors (Lipinski definition) is 3. The summed E-state index contributed by atoms with van der Waals surface area (Å²) in [6, 6.07) is 12.6. The van der Waals surface area contributed by atoms with Gasteiger partial charge in [0, 0.05) is 23.6 Å². The van der Waals surface area contributed by atoms with Gasteiger partial charge in [-0.3, -0.25) is 4.79 Å². The zero-order valence-electron chi connectivity index (χ0n) is 14.8. The van der Waals surface area contributed by atoms with E-state index in [9.17, 15) is 13.6 Å². The molecule has 0 spiro atoms. The van der Waals surface area contributed by atoms with Crippen LogP contribution in [-0.4, -0.2) is 31.2 Å². The minimum absolute atomic E-state index is 0.0142. The molecule has 0 aliphatic carbocycles. The zero-order valence-corrected chi connectivity index (χ0v) is 14.8. The Morgan fingerprint density at radius 3 is 2.78 bits per heavy atom. The molecule has 1 aromatic heterocycles. The van der Waals surface area contributed by atoms with Gasteiger partial charge in [0.1, 0.15) is 0 Å². The number of methoxy groups -OCH3 is 1. The van der Waals surface area contributed by atoms with Crippen LogP contribution < -0.4 is 14.8 Å². The molecule has 0 unspecified atom stereocenters. The van der Waals surface area contributed by atoms with E-state index in [0.717, 1.165) is 22.0 Å². The summed E-state index contributed by atoms with van der Waals surface area (Å²) in [5, 5.41) is 3.91. The standard InChI is InChI=1S/C20H20F2N2O3/c1-26-18-10-13(6-7-17(18)27-20(21)22)8-9-23-19(25)11-14-12-24-16-5-3-2-4-15(14)16/h2-7,10,12,20,24H,8-9,11H2,1H3,(H,23,25). The van der Waals surface area contributed by atoms with E-state index in [4.69, 9.17) is 4.74 Å². The number of carbonyl (C=O) groups is 1. The first kappa shape index (κ1) is 18.7. The number of aromatic amines is 1. The highest BCUT2D eigenvalue weighted by Crippen LogP contribution is 2.29. The van der Waals surface area contributed by atoms with Gasteiger partial charge >= 0.3 is 6.61 Å². The summed E-state index contributed by atoms with van der Waals surface area (Å²) in [5.74, 6) is 0.141. The monoisotopic (exact) mass is 374 g/mol. The van der Waals surface area contributed by atoms with Crippen LogP contribution >= 0.6 is 0 Å². The molecular formula is C20H20F2N2O3. The molecule has 0 saturated heterocycles. The van der Waals surface area contributed by atoms with Crippen molar-refractivity contribution in [3.63, 3.8) is 0 Å². The Hall–Kier alpha value is -3.09. The van der Waals surface area contributed by atoms with Gasteiger partial charge in [-0.1, -0.05) is 24.3 Å². The molecule has 27 heavy (non-hydrogen) atoms. The lowest BCUT2D eigenvalue weighted by atomic mass is 10.1. The molecular weight excluding hydrogens is 354 g/mol. The molecule has 2 aromatic carbocycles. The molecule has 3 rings (SSSR count). The molecule has 0 aliphatic heterocycles. The Morgan fingerprint density at radius 2 is 2.00 bits per heavy atom. The molecule has 0 atom stereocenters. The maximum Gasteiger partial charge on any atom is 0.387 e. The fraction of sp³-hybridized carbons (Fsp3) is 0.250. The molecule has 1 heterocycles. The number of fused-ring (bicyclic) bond motifs is 1. The van der Waals surface area contributed by atoms with Crippen LogP contribution in [0.2, 0.25) is 0 Å².